The predicted molar refractivity (Wildman–Crippen MR) is 106 cm³/mol. The Kier molecular flexibility index (Phi) is 4.64. The van der Waals surface area contributed by atoms with E-state index in [2.05, 4.69) is 29.2 Å². The molecule has 4 rings (SSSR count). The summed E-state index contributed by atoms with van der Waals surface area (Å²) < 4.78 is 8.76. The molecule has 0 saturated carbocycles. The van der Waals surface area contributed by atoms with E-state index in [1.54, 1.807) is 6.20 Å². The third-order valence-corrected chi connectivity index (χ3v) is 15.2. The maximum atomic E-state index is 7.28. The summed E-state index contributed by atoms with van der Waals surface area (Å²) in [6.45, 7) is 0. The first-order valence-corrected chi connectivity index (χ1v) is 15.7. The number of fused-ring (bicyclic) bond motifs is 1. The van der Waals surface area contributed by atoms with Crippen LogP contribution in [0.25, 0.3) is 10.9 Å². The van der Waals surface area contributed by atoms with E-state index in [9.17, 15) is 0 Å². The Morgan fingerprint density at radius 2 is 1.28 bits per heavy atom. The molecular formula is C21H16ClNOSn. The number of halogens is 1. The van der Waals surface area contributed by atoms with Gasteiger partial charge in [-0.15, -0.1) is 0 Å². The van der Waals surface area contributed by atoms with E-state index in [0.29, 0.717) is 0 Å². The summed E-state index contributed by atoms with van der Waals surface area (Å²) >= 11 is -3.85. The van der Waals surface area contributed by atoms with Crippen LogP contribution in [-0.4, -0.2) is 22.6 Å². The van der Waals surface area contributed by atoms with Gasteiger partial charge in [0, 0.05) is 0 Å². The Labute approximate surface area is 155 Å². The van der Waals surface area contributed by atoms with Gasteiger partial charge in [0.05, 0.1) is 0 Å². The molecule has 1 aromatic heterocycles. The number of benzene rings is 3. The quantitative estimate of drug-likeness (QED) is 0.435. The Hall–Kier alpha value is -2.04. The standard InChI is InChI=1S/C9H7NO.2C6H5.ClH.Sn/c11-8-5-1-3-7-4-2-6-10-9(7)8;2*1-2-4-6-5-3-1;;/h1-6,11H;2*1-5H;1H;/q;;;;+2/p-2. The molecule has 0 aliphatic rings. The van der Waals surface area contributed by atoms with Crippen LogP contribution in [-0.2, 0) is 0 Å². The molecule has 0 spiro atoms. The van der Waals surface area contributed by atoms with Crippen LogP contribution in [0.3, 0.4) is 0 Å². The molecule has 1 heterocycles. The molecule has 2 nitrogen and oxygen atoms in total. The van der Waals surface area contributed by atoms with Crippen molar-refractivity contribution in [2.75, 3.05) is 0 Å². The monoisotopic (exact) mass is 453 g/mol. The number of para-hydroxylation sites is 1. The fourth-order valence-electron chi connectivity index (χ4n) is 2.90. The molecule has 0 aliphatic carbocycles. The molecule has 0 aliphatic heterocycles. The summed E-state index contributed by atoms with van der Waals surface area (Å²) in [6.07, 6.45) is 1.78. The molecule has 0 atom stereocenters. The van der Waals surface area contributed by atoms with Gasteiger partial charge in [-0.3, -0.25) is 0 Å². The van der Waals surface area contributed by atoms with Gasteiger partial charge in [-0.2, -0.15) is 0 Å². The van der Waals surface area contributed by atoms with E-state index >= 15 is 0 Å². The Bertz CT molecular complexity index is 947. The fourth-order valence-corrected chi connectivity index (χ4v) is 11.7. The summed E-state index contributed by atoms with van der Waals surface area (Å²) in [7, 11) is 7.28. The van der Waals surface area contributed by atoms with Gasteiger partial charge in [0.2, 0.25) is 0 Å². The first-order valence-electron chi connectivity index (χ1n) is 8.10. The summed E-state index contributed by atoms with van der Waals surface area (Å²) in [4.78, 5) is 4.50. The van der Waals surface area contributed by atoms with Gasteiger partial charge >= 0.3 is 156 Å². The minimum absolute atomic E-state index is 0.747. The van der Waals surface area contributed by atoms with Gasteiger partial charge in [-0.25, -0.2) is 0 Å². The Balaban J connectivity index is 1.87. The molecule has 0 saturated heterocycles. The number of aromatic nitrogens is 1. The summed E-state index contributed by atoms with van der Waals surface area (Å²) in [5.41, 5.74) is 0.846. The third kappa shape index (κ3) is 3.24. The van der Waals surface area contributed by atoms with E-state index in [1.807, 2.05) is 66.7 Å². The molecule has 0 fully saturated rings. The molecule has 4 aromatic rings. The van der Waals surface area contributed by atoms with Crippen LogP contribution < -0.4 is 10.2 Å². The average Bonchev–Trinajstić information content (AvgIpc) is 2.69. The second-order valence-corrected chi connectivity index (χ2v) is 16.6. The van der Waals surface area contributed by atoms with Crippen LogP contribution >= 0.6 is 8.92 Å². The van der Waals surface area contributed by atoms with Crippen LogP contribution in [0.4, 0.5) is 0 Å². The molecule has 122 valence electrons. The van der Waals surface area contributed by atoms with Crippen LogP contribution in [0.2, 0.25) is 0 Å². The molecule has 4 heteroatoms. The molecule has 3 aromatic carbocycles. The SMILES string of the molecule is [Cl][Sn]([O]c1cccc2cccnc12)([c]1ccccc1)[c]1ccccc1. The predicted octanol–water partition coefficient (Wildman–Crippen LogP) is 4.11. The van der Waals surface area contributed by atoms with Crippen molar-refractivity contribution in [3.63, 3.8) is 0 Å². The Morgan fingerprint density at radius 1 is 0.680 bits per heavy atom. The first kappa shape index (κ1) is 16.4. The molecule has 0 unspecified atom stereocenters. The second-order valence-electron chi connectivity index (χ2n) is 5.76. The summed E-state index contributed by atoms with van der Waals surface area (Å²) in [6, 6.07) is 30.2. The van der Waals surface area contributed by atoms with E-state index in [0.717, 1.165) is 23.8 Å². The Morgan fingerprint density at radius 3 is 1.92 bits per heavy atom. The molecule has 25 heavy (non-hydrogen) atoms. The van der Waals surface area contributed by atoms with Gasteiger partial charge in [0.15, 0.2) is 0 Å². The van der Waals surface area contributed by atoms with Gasteiger partial charge < -0.3 is 0 Å². The van der Waals surface area contributed by atoms with Crippen LogP contribution in [0.5, 0.6) is 5.75 Å². The molecule has 0 N–H and O–H groups in total. The molecule has 0 bridgehead atoms. The molecule has 0 radical (unpaired) electrons. The van der Waals surface area contributed by atoms with Crippen molar-refractivity contribution in [1.29, 1.82) is 0 Å². The minimum atomic E-state index is -3.85. The zero-order valence-electron chi connectivity index (χ0n) is 13.5. The fraction of sp³-hybridized carbons (Fsp3) is 0. The van der Waals surface area contributed by atoms with Crippen LogP contribution in [0, 0.1) is 0 Å². The van der Waals surface area contributed by atoms with Gasteiger partial charge in [-0.1, -0.05) is 0 Å². The number of hydrogen-bond acceptors (Lipinski definition) is 2. The van der Waals surface area contributed by atoms with Gasteiger partial charge in [0.25, 0.3) is 0 Å². The van der Waals surface area contributed by atoms with Crippen molar-refractivity contribution in [3.05, 3.63) is 97.2 Å². The zero-order chi connectivity index (χ0) is 17.1. The van der Waals surface area contributed by atoms with Crippen molar-refractivity contribution in [3.8, 4) is 5.75 Å². The number of hydrogen-bond donors (Lipinski definition) is 0. The van der Waals surface area contributed by atoms with E-state index in [4.69, 9.17) is 12.0 Å². The van der Waals surface area contributed by atoms with Crippen molar-refractivity contribution in [2.45, 2.75) is 0 Å². The maximum absolute atomic E-state index is 7.28. The zero-order valence-corrected chi connectivity index (χ0v) is 17.1. The van der Waals surface area contributed by atoms with Crippen molar-refractivity contribution in [1.82, 2.24) is 4.98 Å². The topological polar surface area (TPSA) is 22.1 Å². The molecular weight excluding hydrogens is 436 g/mol. The van der Waals surface area contributed by atoms with E-state index in [1.165, 1.54) is 0 Å². The van der Waals surface area contributed by atoms with E-state index < -0.39 is 17.7 Å². The summed E-state index contributed by atoms with van der Waals surface area (Å²) in [5, 5.41) is 1.05. The first-order chi connectivity index (χ1) is 12.3. The van der Waals surface area contributed by atoms with Gasteiger partial charge in [0.1, 0.15) is 0 Å². The number of pyridine rings is 1. The third-order valence-electron chi connectivity index (χ3n) is 4.14. The van der Waals surface area contributed by atoms with Crippen LogP contribution in [0.15, 0.2) is 97.2 Å². The summed E-state index contributed by atoms with van der Waals surface area (Å²) in [5.74, 6) is 0.747. The normalized spacial score (nSPS) is 11.4. The number of nitrogens with zero attached hydrogens (tertiary/aromatic N) is 1. The van der Waals surface area contributed by atoms with Gasteiger partial charge in [-0.05, 0) is 0 Å². The van der Waals surface area contributed by atoms with Crippen molar-refractivity contribution < 1.29 is 3.07 Å². The number of rotatable bonds is 4. The molecule has 0 amide bonds. The average molecular weight is 453 g/mol. The van der Waals surface area contributed by atoms with Crippen LogP contribution in [0.1, 0.15) is 0 Å². The van der Waals surface area contributed by atoms with Crippen molar-refractivity contribution >= 4 is 44.6 Å². The van der Waals surface area contributed by atoms with E-state index in [-0.39, 0.29) is 0 Å². The van der Waals surface area contributed by atoms with Crippen molar-refractivity contribution in [2.24, 2.45) is 0 Å². The second kappa shape index (κ2) is 7.06.